The van der Waals surface area contributed by atoms with Gasteiger partial charge in [0.15, 0.2) is 0 Å². The first-order chi connectivity index (χ1) is 13.0. The van der Waals surface area contributed by atoms with Crippen LogP contribution in [0, 0.1) is 5.92 Å². The molecule has 0 unspecified atom stereocenters. The molecular formula is C21H23ClN2O3. The zero-order valence-corrected chi connectivity index (χ0v) is 16.0. The zero-order valence-electron chi connectivity index (χ0n) is 15.3. The summed E-state index contributed by atoms with van der Waals surface area (Å²) in [6.07, 6.45) is 1.62. The number of hydrogen-bond acceptors (Lipinski definition) is 4. The molecule has 1 aliphatic heterocycles. The van der Waals surface area contributed by atoms with E-state index < -0.39 is 5.97 Å². The van der Waals surface area contributed by atoms with Crippen LogP contribution in [0.1, 0.15) is 28.8 Å². The predicted octanol–water partition coefficient (Wildman–Crippen LogP) is 3.98. The summed E-state index contributed by atoms with van der Waals surface area (Å²) in [5, 5.41) is 3.67. The summed E-state index contributed by atoms with van der Waals surface area (Å²) in [4.78, 5) is 26.5. The third-order valence-corrected chi connectivity index (χ3v) is 5.04. The molecule has 1 N–H and O–H groups in total. The lowest BCUT2D eigenvalue weighted by atomic mass is 9.95. The molecule has 1 saturated heterocycles. The molecule has 0 bridgehead atoms. The van der Waals surface area contributed by atoms with Gasteiger partial charge < -0.3 is 10.1 Å². The van der Waals surface area contributed by atoms with Gasteiger partial charge in [0.25, 0.3) is 0 Å². The second-order valence-corrected chi connectivity index (χ2v) is 7.18. The van der Waals surface area contributed by atoms with Crippen LogP contribution in [0.4, 0.5) is 5.69 Å². The highest BCUT2D eigenvalue weighted by molar-refractivity contribution is 6.30. The first kappa shape index (κ1) is 19.4. The molecule has 2 aromatic carbocycles. The summed E-state index contributed by atoms with van der Waals surface area (Å²) >= 11 is 6.04. The molecule has 0 spiro atoms. The number of rotatable bonds is 5. The van der Waals surface area contributed by atoms with Gasteiger partial charge in [-0.2, -0.15) is 0 Å². The maximum atomic E-state index is 12.6. The summed E-state index contributed by atoms with van der Waals surface area (Å²) in [5.74, 6) is -0.442. The van der Waals surface area contributed by atoms with Crippen LogP contribution in [0.5, 0.6) is 0 Å². The van der Waals surface area contributed by atoms with Crippen molar-refractivity contribution < 1.29 is 14.3 Å². The normalized spacial score (nSPS) is 15.3. The number of esters is 1. The number of halogens is 1. The van der Waals surface area contributed by atoms with Crippen LogP contribution in [0.15, 0.2) is 48.5 Å². The Morgan fingerprint density at radius 2 is 1.89 bits per heavy atom. The number of piperidine rings is 1. The number of nitrogens with zero attached hydrogens (tertiary/aromatic N) is 1. The lowest BCUT2D eigenvalue weighted by Gasteiger charge is -2.31. The number of likely N-dealkylation sites (tertiary alicyclic amines) is 1. The number of hydrogen-bond donors (Lipinski definition) is 1. The second kappa shape index (κ2) is 9.02. The van der Waals surface area contributed by atoms with E-state index in [2.05, 4.69) is 16.3 Å². The lowest BCUT2D eigenvalue weighted by Crippen LogP contribution is -2.37. The van der Waals surface area contributed by atoms with E-state index in [4.69, 9.17) is 16.3 Å². The fraction of sp³-hybridized carbons (Fsp3) is 0.333. The highest BCUT2D eigenvalue weighted by Gasteiger charge is 2.25. The molecule has 1 heterocycles. The van der Waals surface area contributed by atoms with Gasteiger partial charge in [-0.1, -0.05) is 29.8 Å². The first-order valence-electron chi connectivity index (χ1n) is 9.01. The van der Waals surface area contributed by atoms with Crippen molar-refractivity contribution >= 4 is 29.2 Å². The van der Waals surface area contributed by atoms with Crippen molar-refractivity contribution in [1.82, 2.24) is 4.90 Å². The minimum Gasteiger partial charge on any atom is -0.465 e. The van der Waals surface area contributed by atoms with E-state index in [0.29, 0.717) is 11.3 Å². The highest BCUT2D eigenvalue weighted by Crippen LogP contribution is 2.22. The van der Waals surface area contributed by atoms with Crippen molar-refractivity contribution in [1.29, 1.82) is 0 Å². The van der Waals surface area contributed by atoms with E-state index in [-0.39, 0.29) is 11.8 Å². The van der Waals surface area contributed by atoms with Crippen molar-refractivity contribution in [3.8, 4) is 0 Å². The van der Waals surface area contributed by atoms with Gasteiger partial charge in [-0.15, -0.1) is 0 Å². The van der Waals surface area contributed by atoms with Crippen LogP contribution < -0.4 is 5.32 Å². The quantitative estimate of drug-likeness (QED) is 0.790. The predicted molar refractivity (Wildman–Crippen MR) is 106 cm³/mol. The van der Waals surface area contributed by atoms with Gasteiger partial charge in [-0.3, -0.25) is 9.69 Å². The molecule has 0 aromatic heterocycles. The molecule has 3 rings (SSSR count). The van der Waals surface area contributed by atoms with Crippen molar-refractivity contribution in [3.63, 3.8) is 0 Å². The van der Waals surface area contributed by atoms with Crippen LogP contribution in [0.2, 0.25) is 5.02 Å². The average molecular weight is 387 g/mol. The lowest BCUT2D eigenvalue weighted by molar-refractivity contribution is -0.121. The molecular weight excluding hydrogens is 364 g/mol. The molecule has 1 aliphatic rings. The van der Waals surface area contributed by atoms with Gasteiger partial charge >= 0.3 is 5.97 Å². The van der Waals surface area contributed by atoms with Gasteiger partial charge in [0, 0.05) is 23.2 Å². The van der Waals surface area contributed by atoms with Gasteiger partial charge in [-0.25, -0.2) is 4.79 Å². The number of carbonyl (C=O) groups is 2. The molecule has 1 fully saturated rings. The average Bonchev–Trinajstić information content (AvgIpc) is 2.68. The molecule has 0 radical (unpaired) electrons. The standard InChI is InChI=1S/C21H23ClN2O3/c1-27-21(26)17-5-3-7-19(13-17)23-20(25)16-8-10-24(11-9-16)14-15-4-2-6-18(22)12-15/h2-7,12-13,16H,8-11,14H2,1H3,(H,23,25). The summed E-state index contributed by atoms with van der Waals surface area (Å²) in [6.45, 7) is 2.58. The fourth-order valence-corrected chi connectivity index (χ4v) is 3.55. The third-order valence-electron chi connectivity index (χ3n) is 4.80. The number of ether oxygens (including phenoxy) is 1. The van der Waals surface area contributed by atoms with E-state index in [1.54, 1.807) is 24.3 Å². The van der Waals surface area contributed by atoms with Crippen molar-refractivity contribution in [2.75, 3.05) is 25.5 Å². The van der Waals surface area contributed by atoms with E-state index in [1.807, 2.05) is 18.2 Å². The Kier molecular flexibility index (Phi) is 6.48. The third kappa shape index (κ3) is 5.31. The Labute approximate surface area is 164 Å². The Bertz CT molecular complexity index is 817. The Balaban J connectivity index is 1.52. The SMILES string of the molecule is COC(=O)c1cccc(NC(=O)C2CCN(Cc3cccc(Cl)c3)CC2)c1. The Morgan fingerprint density at radius 1 is 1.15 bits per heavy atom. The molecule has 142 valence electrons. The number of anilines is 1. The smallest absolute Gasteiger partial charge is 0.337 e. The van der Waals surface area contributed by atoms with Gasteiger partial charge in [-0.05, 0) is 61.8 Å². The number of nitrogens with one attached hydrogen (secondary N) is 1. The number of carbonyl (C=O) groups excluding carboxylic acids is 2. The molecule has 1 amide bonds. The molecule has 0 aliphatic carbocycles. The fourth-order valence-electron chi connectivity index (χ4n) is 3.33. The van der Waals surface area contributed by atoms with Crippen molar-refractivity contribution in [2.24, 2.45) is 5.92 Å². The molecule has 27 heavy (non-hydrogen) atoms. The summed E-state index contributed by atoms with van der Waals surface area (Å²) in [7, 11) is 1.34. The summed E-state index contributed by atoms with van der Waals surface area (Å²) in [5.41, 5.74) is 2.22. The van der Waals surface area contributed by atoms with Gasteiger partial charge in [0.2, 0.25) is 5.91 Å². The monoisotopic (exact) mass is 386 g/mol. The minimum absolute atomic E-state index is 0.000536. The molecule has 6 heteroatoms. The molecule has 0 saturated carbocycles. The Hall–Kier alpha value is -2.37. The molecule has 0 atom stereocenters. The minimum atomic E-state index is -0.416. The van der Waals surface area contributed by atoms with E-state index >= 15 is 0 Å². The highest BCUT2D eigenvalue weighted by atomic mass is 35.5. The Morgan fingerprint density at radius 3 is 2.59 bits per heavy atom. The summed E-state index contributed by atoms with van der Waals surface area (Å²) < 4.78 is 4.72. The second-order valence-electron chi connectivity index (χ2n) is 6.74. The largest absolute Gasteiger partial charge is 0.465 e. The number of amides is 1. The van der Waals surface area contributed by atoms with Crippen molar-refractivity contribution in [3.05, 3.63) is 64.7 Å². The van der Waals surface area contributed by atoms with Gasteiger partial charge in [0.05, 0.1) is 12.7 Å². The topological polar surface area (TPSA) is 58.6 Å². The van der Waals surface area contributed by atoms with E-state index in [9.17, 15) is 9.59 Å². The number of methoxy groups -OCH3 is 1. The van der Waals surface area contributed by atoms with Crippen LogP contribution in [-0.2, 0) is 16.1 Å². The summed E-state index contributed by atoms with van der Waals surface area (Å²) in [6, 6.07) is 14.7. The van der Waals surface area contributed by atoms with Crippen LogP contribution in [0.3, 0.4) is 0 Å². The van der Waals surface area contributed by atoms with Crippen LogP contribution in [0.25, 0.3) is 0 Å². The first-order valence-corrected chi connectivity index (χ1v) is 9.39. The van der Waals surface area contributed by atoms with E-state index in [0.717, 1.165) is 37.5 Å². The van der Waals surface area contributed by atoms with Gasteiger partial charge in [0.1, 0.15) is 0 Å². The van der Waals surface area contributed by atoms with Crippen LogP contribution >= 0.6 is 11.6 Å². The number of benzene rings is 2. The maximum Gasteiger partial charge on any atom is 0.337 e. The van der Waals surface area contributed by atoms with Crippen molar-refractivity contribution in [2.45, 2.75) is 19.4 Å². The molecule has 2 aromatic rings. The molecule has 5 nitrogen and oxygen atoms in total. The van der Waals surface area contributed by atoms with Crippen LogP contribution in [-0.4, -0.2) is 37.0 Å². The maximum absolute atomic E-state index is 12.6. The zero-order chi connectivity index (χ0) is 19.2. The van der Waals surface area contributed by atoms with E-state index in [1.165, 1.54) is 12.7 Å².